The van der Waals surface area contributed by atoms with E-state index in [0.717, 1.165) is 25.4 Å². The summed E-state index contributed by atoms with van der Waals surface area (Å²) in [5.41, 5.74) is 8.44. The van der Waals surface area contributed by atoms with Crippen molar-refractivity contribution < 1.29 is 0 Å². The molecule has 1 unspecified atom stereocenters. The lowest BCUT2D eigenvalue weighted by Gasteiger charge is -2.07. The molecule has 0 radical (unpaired) electrons. The molecule has 2 rings (SSSR count). The first-order valence-electron chi connectivity index (χ1n) is 6.03. The monoisotopic (exact) mass is 207 g/mol. The second-order valence-electron chi connectivity index (χ2n) is 4.64. The van der Waals surface area contributed by atoms with E-state index in [0.29, 0.717) is 5.92 Å². The number of aromatic nitrogens is 2. The predicted octanol–water partition coefficient (Wildman–Crippen LogP) is 2.23. The van der Waals surface area contributed by atoms with Crippen molar-refractivity contribution in [2.75, 3.05) is 6.54 Å². The first kappa shape index (κ1) is 10.7. The molecule has 0 saturated heterocycles. The van der Waals surface area contributed by atoms with Crippen molar-refractivity contribution in [3.05, 3.63) is 17.5 Å². The first-order chi connectivity index (χ1) is 7.26. The molecule has 0 amide bonds. The molecular weight excluding hydrogens is 186 g/mol. The fraction of sp³-hybridized carbons (Fsp3) is 0.750. The third-order valence-corrected chi connectivity index (χ3v) is 3.12. The van der Waals surface area contributed by atoms with Crippen molar-refractivity contribution in [3.63, 3.8) is 0 Å². The minimum Gasteiger partial charge on any atom is -0.330 e. The highest BCUT2D eigenvalue weighted by Gasteiger charge is 2.30. The van der Waals surface area contributed by atoms with Gasteiger partial charge in [0.15, 0.2) is 0 Å². The maximum Gasteiger partial charge on any atom is 0.0690 e. The van der Waals surface area contributed by atoms with E-state index in [1.54, 1.807) is 0 Å². The average molecular weight is 207 g/mol. The zero-order valence-corrected chi connectivity index (χ0v) is 9.74. The maximum atomic E-state index is 5.74. The average Bonchev–Trinajstić information content (AvgIpc) is 3.00. The van der Waals surface area contributed by atoms with Crippen molar-refractivity contribution in [2.24, 2.45) is 5.73 Å². The van der Waals surface area contributed by atoms with E-state index in [2.05, 4.69) is 24.7 Å². The molecule has 2 N–H and O–H groups in total. The van der Waals surface area contributed by atoms with E-state index in [1.807, 2.05) is 0 Å². The normalized spacial score (nSPS) is 18.1. The lowest BCUT2D eigenvalue weighted by atomic mass is 10.0. The molecule has 0 aliphatic heterocycles. The molecule has 0 aromatic carbocycles. The smallest absolute Gasteiger partial charge is 0.0690 e. The Morgan fingerprint density at radius 3 is 2.87 bits per heavy atom. The Morgan fingerprint density at radius 1 is 1.60 bits per heavy atom. The van der Waals surface area contributed by atoms with Crippen LogP contribution in [0, 0.1) is 0 Å². The summed E-state index contributed by atoms with van der Waals surface area (Å²) in [6, 6.07) is 0. The molecular formula is C12H21N3. The second kappa shape index (κ2) is 4.35. The van der Waals surface area contributed by atoms with Gasteiger partial charge >= 0.3 is 0 Å². The molecule has 1 aliphatic carbocycles. The highest BCUT2D eigenvalue weighted by molar-refractivity contribution is 5.28. The van der Waals surface area contributed by atoms with Crippen LogP contribution in [0.2, 0.25) is 0 Å². The van der Waals surface area contributed by atoms with Crippen LogP contribution in [-0.4, -0.2) is 16.3 Å². The molecule has 1 heterocycles. The molecule has 1 fully saturated rings. The van der Waals surface area contributed by atoms with Gasteiger partial charge in [-0.25, -0.2) is 0 Å². The van der Waals surface area contributed by atoms with Gasteiger partial charge in [-0.2, -0.15) is 5.10 Å². The van der Waals surface area contributed by atoms with E-state index < -0.39 is 0 Å². The maximum absolute atomic E-state index is 5.74. The highest BCUT2D eigenvalue weighted by Crippen LogP contribution is 2.42. The largest absolute Gasteiger partial charge is 0.330 e. The summed E-state index contributed by atoms with van der Waals surface area (Å²) in [6.45, 7) is 6.12. The fourth-order valence-corrected chi connectivity index (χ4v) is 1.98. The van der Waals surface area contributed by atoms with E-state index >= 15 is 0 Å². The van der Waals surface area contributed by atoms with Crippen LogP contribution in [0.25, 0.3) is 0 Å². The molecule has 1 aromatic rings. The summed E-state index contributed by atoms with van der Waals surface area (Å²) >= 11 is 0. The topological polar surface area (TPSA) is 43.8 Å². The van der Waals surface area contributed by atoms with E-state index in [-0.39, 0.29) is 0 Å². The van der Waals surface area contributed by atoms with Crippen LogP contribution < -0.4 is 5.73 Å². The molecule has 3 heteroatoms. The molecule has 3 nitrogen and oxygen atoms in total. The first-order valence-corrected chi connectivity index (χ1v) is 6.03. The van der Waals surface area contributed by atoms with E-state index in [1.165, 1.54) is 24.1 Å². The Balaban J connectivity index is 2.24. The summed E-state index contributed by atoms with van der Waals surface area (Å²) < 4.78 is 2.09. The van der Waals surface area contributed by atoms with Gasteiger partial charge in [0, 0.05) is 18.7 Å². The summed E-state index contributed by atoms with van der Waals surface area (Å²) in [5.74, 6) is 1.18. The van der Waals surface area contributed by atoms with E-state index in [9.17, 15) is 0 Å². The molecule has 84 valence electrons. The van der Waals surface area contributed by atoms with Crippen LogP contribution in [-0.2, 0) is 6.54 Å². The third kappa shape index (κ3) is 2.23. The Labute approximate surface area is 91.7 Å². The second-order valence-corrected chi connectivity index (χ2v) is 4.64. The zero-order valence-electron chi connectivity index (χ0n) is 9.74. The lowest BCUT2D eigenvalue weighted by molar-refractivity contribution is 0.594. The van der Waals surface area contributed by atoms with Crippen molar-refractivity contribution in [3.8, 4) is 0 Å². The molecule has 1 aromatic heterocycles. The number of rotatable bonds is 5. The summed E-state index contributed by atoms with van der Waals surface area (Å²) in [5, 5.41) is 4.69. The molecule has 1 atom stereocenters. The SMILES string of the molecule is CCCn1cc(C(C)CN)c(C2CC2)n1. The van der Waals surface area contributed by atoms with Gasteiger partial charge in [-0.05, 0) is 37.3 Å². The van der Waals surface area contributed by atoms with Gasteiger partial charge in [0.05, 0.1) is 5.69 Å². The van der Waals surface area contributed by atoms with Crippen LogP contribution in [0.1, 0.15) is 56.2 Å². The van der Waals surface area contributed by atoms with Crippen LogP contribution >= 0.6 is 0 Å². The van der Waals surface area contributed by atoms with Crippen molar-refractivity contribution in [1.29, 1.82) is 0 Å². The van der Waals surface area contributed by atoms with Crippen molar-refractivity contribution >= 4 is 0 Å². The number of aryl methyl sites for hydroxylation is 1. The van der Waals surface area contributed by atoms with Gasteiger partial charge in [0.25, 0.3) is 0 Å². The Hall–Kier alpha value is -0.830. The van der Waals surface area contributed by atoms with Gasteiger partial charge < -0.3 is 5.73 Å². The van der Waals surface area contributed by atoms with Gasteiger partial charge in [-0.15, -0.1) is 0 Å². The molecule has 1 aliphatic rings. The standard InChI is InChI=1S/C12H21N3/c1-3-6-15-8-11(9(2)7-13)12(14-15)10-4-5-10/h8-10H,3-7,13H2,1-2H3. The van der Waals surface area contributed by atoms with Gasteiger partial charge in [0.1, 0.15) is 0 Å². The molecule has 0 bridgehead atoms. The van der Waals surface area contributed by atoms with Crippen LogP contribution in [0.3, 0.4) is 0 Å². The number of hydrogen-bond donors (Lipinski definition) is 1. The summed E-state index contributed by atoms with van der Waals surface area (Å²) in [7, 11) is 0. The molecule has 0 spiro atoms. The Bertz CT molecular complexity index is 326. The molecule has 1 saturated carbocycles. The van der Waals surface area contributed by atoms with E-state index in [4.69, 9.17) is 10.8 Å². The van der Waals surface area contributed by atoms with Gasteiger partial charge in [0.2, 0.25) is 0 Å². The highest BCUT2D eigenvalue weighted by atomic mass is 15.3. The zero-order chi connectivity index (χ0) is 10.8. The summed E-state index contributed by atoms with van der Waals surface area (Å²) in [6.07, 6.45) is 5.97. The fourth-order valence-electron chi connectivity index (χ4n) is 1.98. The Morgan fingerprint density at radius 2 is 2.33 bits per heavy atom. The minimum absolute atomic E-state index is 0.450. The predicted molar refractivity (Wildman–Crippen MR) is 62.0 cm³/mol. The minimum atomic E-state index is 0.450. The lowest BCUT2D eigenvalue weighted by Crippen LogP contribution is -2.09. The number of nitrogens with two attached hydrogens (primary N) is 1. The number of hydrogen-bond acceptors (Lipinski definition) is 2. The third-order valence-electron chi connectivity index (χ3n) is 3.12. The van der Waals surface area contributed by atoms with Crippen LogP contribution in [0.4, 0.5) is 0 Å². The molecule has 15 heavy (non-hydrogen) atoms. The summed E-state index contributed by atoms with van der Waals surface area (Å²) in [4.78, 5) is 0. The van der Waals surface area contributed by atoms with Crippen LogP contribution in [0.5, 0.6) is 0 Å². The van der Waals surface area contributed by atoms with Gasteiger partial charge in [-0.3, -0.25) is 4.68 Å². The number of nitrogens with zero attached hydrogens (tertiary/aromatic N) is 2. The van der Waals surface area contributed by atoms with Crippen LogP contribution in [0.15, 0.2) is 6.20 Å². The quantitative estimate of drug-likeness (QED) is 0.804. The van der Waals surface area contributed by atoms with Crippen molar-refractivity contribution in [1.82, 2.24) is 9.78 Å². The van der Waals surface area contributed by atoms with Crippen molar-refractivity contribution in [2.45, 2.75) is 51.5 Å². The Kier molecular flexibility index (Phi) is 3.10. The van der Waals surface area contributed by atoms with Gasteiger partial charge in [-0.1, -0.05) is 13.8 Å².